The quantitative estimate of drug-likeness (QED) is 0.857. The second-order valence-corrected chi connectivity index (χ2v) is 8.92. The molecule has 1 aliphatic carbocycles. The van der Waals surface area contributed by atoms with Gasteiger partial charge >= 0.3 is 0 Å². The molecule has 0 aromatic rings. The Morgan fingerprint density at radius 2 is 1.67 bits per heavy atom. The minimum atomic E-state index is -3.06. The molecule has 18 heavy (non-hydrogen) atoms. The standard InChI is InChI=1S/C14H29NO2S/c1-9(2)12(5)18(16,17)14-11(4)7-10(3)8-13(14)15-6/h9-15H,7-8H2,1-6H3. The van der Waals surface area contributed by atoms with Crippen LogP contribution in [0.2, 0.25) is 0 Å². The van der Waals surface area contributed by atoms with Gasteiger partial charge in [-0.3, -0.25) is 0 Å². The lowest BCUT2D eigenvalue weighted by Gasteiger charge is -2.40. The summed E-state index contributed by atoms with van der Waals surface area (Å²) in [6.07, 6.45) is 1.99. The lowest BCUT2D eigenvalue weighted by molar-refractivity contribution is 0.248. The first kappa shape index (κ1) is 16.0. The lowest BCUT2D eigenvalue weighted by atomic mass is 9.80. The molecule has 1 rings (SSSR count). The third kappa shape index (κ3) is 3.08. The Hall–Kier alpha value is -0.0900. The number of hydrogen-bond donors (Lipinski definition) is 1. The van der Waals surface area contributed by atoms with Crippen molar-refractivity contribution in [2.75, 3.05) is 7.05 Å². The van der Waals surface area contributed by atoms with Gasteiger partial charge in [-0.2, -0.15) is 0 Å². The Kier molecular flexibility index (Phi) is 5.24. The average Bonchev–Trinajstić information content (AvgIpc) is 2.25. The van der Waals surface area contributed by atoms with Crippen molar-refractivity contribution in [3.05, 3.63) is 0 Å². The van der Waals surface area contributed by atoms with Crippen molar-refractivity contribution in [3.8, 4) is 0 Å². The summed E-state index contributed by atoms with van der Waals surface area (Å²) in [5.74, 6) is 1.04. The van der Waals surface area contributed by atoms with Gasteiger partial charge in [0.05, 0.1) is 10.5 Å². The molecule has 0 bridgehead atoms. The van der Waals surface area contributed by atoms with E-state index in [1.54, 1.807) is 0 Å². The molecule has 108 valence electrons. The summed E-state index contributed by atoms with van der Waals surface area (Å²) in [5, 5.41) is 2.75. The number of sulfone groups is 1. The van der Waals surface area contributed by atoms with Crippen molar-refractivity contribution in [2.24, 2.45) is 17.8 Å². The summed E-state index contributed by atoms with van der Waals surface area (Å²) in [6.45, 7) is 10.2. The van der Waals surface area contributed by atoms with E-state index in [1.165, 1.54) is 0 Å². The van der Waals surface area contributed by atoms with Crippen LogP contribution in [0.5, 0.6) is 0 Å². The molecular weight excluding hydrogens is 246 g/mol. The van der Waals surface area contributed by atoms with Gasteiger partial charge in [0.15, 0.2) is 9.84 Å². The topological polar surface area (TPSA) is 46.2 Å². The molecule has 0 aromatic heterocycles. The zero-order valence-corrected chi connectivity index (χ0v) is 13.4. The summed E-state index contributed by atoms with van der Waals surface area (Å²) in [5.41, 5.74) is 0. The van der Waals surface area contributed by atoms with Gasteiger partial charge in [0.25, 0.3) is 0 Å². The molecule has 0 spiro atoms. The molecule has 0 heterocycles. The van der Waals surface area contributed by atoms with Gasteiger partial charge in [-0.25, -0.2) is 8.42 Å². The molecule has 0 radical (unpaired) electrons. The molecule has 5 atom stereocenters. The van der Waals surface area contributed by atoms with Crippen LogP contribution in [0.1, 0.15) is 47.5 Å². The Labute approximate surface area is 113 Å². The van der Waals surface area contributed by atoms with Crippen LogP contribution >= 0.6 is 0 Å². The van der Waals surface area contributed by atoms with Crippen LogP contribution < -0.4 is 5.32 Å². The maximum absolute atomic E-state index is 12.8. The summed E-state index contributed by atoms with van der Waals surface area (Å²) in [6, 6.07) is 0.106. The minimum Gasteiger partial charge on any atom is -0.316 e. The molecule has 0 aliphatic heterocycles. The molecule has 3 nitrogen and oxygen atoms in total. The third-order valence-electron chi connectivity index (χ3n) is 4.60. The Balaban J connectivity index is 3.04. The normalized spacial score (nSPS) is 35.7. The van der Waals surface area contributed by atoms with E-state index in [0.717, 1.165) is 12.8 Å². The van der Waals surface area contributed by atoms with E-state index in [2.05, 4.69) is 19.2 Å². The molecule has 1 aliphatic rings. The maximum atomic E-state index is 12.8. The first-order chi connectivity index (χ1) is 8.21. The Bertz CT molecular complexity index is 364. The Morgan fingerprint density at radius 1 is 1.11 bits per heavy atom. The van der Waals surface area contributed by atoms with Gasteiger partial charge in [-0.05, 0) is 44.6 Å². The minimum absolute atomic E-state index is 0.106. The van der Waals surface area contributed by atoms with E-state index in [1.807, 2.05) is 27.8 Å². The maximum Gasteiger partial charge on any atom is 0.157 e. The van der Waals surface area contributed by atoms with Crippen molar-refractivity contribution in [3.63, 3.8) is 0 Å². The summed E-state index contributed by atoms with van der Waals surface area (Å²) >= 11 is 0. The first-order valence-corrected chi connectivity index (χ1v) is 8.72. The van der Waals surface area contributed by atoms with Crippen LogP contribution in [0, 0.1) is 17.8 Å². The van der Waals surface area contributed by atoms with Crippen molar-refractivity contribution in [2.45, 2.75) is 64.0 Å². The third-order valence-corrected chi connectivity index (χ3v) is 7.73. The summed E-state index contributed by atoms with van der Waals surface area (Å²) in [7, 11) is -1.17. The van der Waals surface area contributed by atoms with E-state index in [0.29, 0.717) is 5.92 Å². The first-order valence-electron chi connectivity index (χ1n) is 7.11. The molecular formula is C14H29NO2S. The highest BCUT2D eigenvalue weighted by atomic mass is 32.2. The van der Waals surface area contributed by atoms with E-state index < -0.39 is 9.84 Å². The van der Waals surface area contributed by atoms with Crippen LogP contribution in [-0.4, -0.2) is 32.0 Å². The van der Waals surface area contributed by atoms with Crippen LogP contribution in [0.4, 0.5) is 0 Å². The summed E-state index contributed by atoms with van der Waals surface area (Å²) < 4.78 is 25.5. The smallest absolute Gasteiger partial charge is 0.157 e. The average molecular weight is 275 g/mol. The molecule has 1 saturated carbocycles. The molecule has 0 aromatic carbocycles. The number of hydrogen-bond acceptors (Lipinski definition) is 3. The van der Waals surface area contributed by atoms with Crippen LogP contribution in [0.25, 0.3) is 0 Å². The van der Waals surface area contributed by atoms with Gasteiger partial charge in [0.2, 0.25) is 0 Å². The SMILES string of the molecule is CNC1CC(C)CC(C)C1S(=O)(=O)C(C)C(C)C. The molecule has 5 unspecified atom stereocenters. The van der Waals surface area contributed by atoms with Crippen molar-refractivity contribution >= 4 is 9.84 Å². The van der Waals surface area contributed by atoms with Crippen molar-refractivity contribution < 1.29 is 8.42 Å². The molecule has 1 fully saturated rings. The highest BCUT2D eigenvalue weighted by Gasteiger charge is 2.44. The second kappa shape index (κ2) is 5.91. The van der Waals surface area contributed by atoms with E-state index in [-0.39, 0.29) is 28.4 Å². The highest BCUT2D eigenvalue weighted by Crippen LogP contribution is 2.35. The van der Waals surface area contributed by atoms with Gasteiger partial charge in [0.1, 0.15) is 0 Å². The van der Waals surface area contributed by atoms with Crippen LogP contribution in [0.15, 0.2) is 0 Å². The molecule has 0 amide bonds. The van der Waals surface area contributed by atoms with E-state index in [9.17, 15) is 8.42 Å². The van der Waals surface area contributed by atoms with Gasteiger partial charge in [0, 0.05) is 6.04 Å². The molecule has 4 heteroatoms. The predicted molar refractivity (Wildman–Crippen MR) is 77.4 cm³/mol. The van der Waals surface area contributed by atoms with Gasteiger partial charge < -0.3 is 5.32 Å². The van der Waals surface area contributed by atoms with Gasteiger partial charge in [-0.15, -0.1) is 0 Å². The van der Waals surface area contributed by atoms with Crippen LogP contribution in [0.3, 0.4) is 0 Å². The van der Waals surface area contributed by atoms with E-state index >= 15 is 0 Å². The fraction of sp³-hybridized carbons (Fsp3) is 1.00. The van der Waals surface area contributed by atoms with Crippen LogP contribution in [-0.2, 0) is 9.84 Å². The largest absolute Gasteiger partial charge is 0.316 e. The van der Waals surface area contributed by atoms with Crippen molar-refractivity contribution in [1.82, 2.24) is 5.32 Å². The monoisotopic (exact) mass is 275 g/mol. The Morgan fingerprint density at radius 3 is 2.11 bits per heavy atom. The highest BCUT2D eigenvalue weighted by molar-refractivity contribution is 7.92. The number of rotatable bonds is 4. The fourth-order valence-electron chi connectivity index (χ4n) is 3.29. The zero-order valence-electron chi connectivity index (χ0n) is 12.6. The van der Waals surface area contributed by atoms with Gasteiger partial charge in [-0.1, -0.05) is 27.7 Å². The predicted octanol–water partition coefficient (Wildman–Crippen LogP) is 2.47. The molecule has 1 N–H and O–H groups in total. The fourth-order valence-corrected chi connectivity index (χ4v) is 6.01. The number of nitrogens with one attached hydrogen (secondary N) is 1. The lowest BCUT2D eigenvalue weighted by Crippen LogP contribution is -2.53. The van der Waals surface area contributed by atoms with E-state index in [4.69, 9.17) is 0 Å². The molecule has 0 saturated heterocycles. The zero-order chi connectivity index (χ0) is 14.1. The van der Waals surface area contributed by atoms with Crippen molar-refractivity contribution in [1.29, 1.82) is 0 Å². The second-order valence-electron chi connectivity index (χ2n) is 6.45. The summed E-state index contributed by atoms with van der Waals surface area (Å²) in [4.78, 5) is 0.